The highest BCUT2D eigenvalue weighted by Gasteiger charge is 2.57. The van der Waals surface area contributed by atoms with Gasteiger partial charge >= 0.3 is 5.97 Å². The summed E-state index contributed by atoms with van der Waals surface area (Å²) >= 11 is 5.80. The van der Waals surface area contributed by atoms with E-state index in [1.807, 2.05) is 6.92 Å². The highest BCUT2D eigenvalue weighted by atomic mass is 35.5. The smallest absolute Gasteiger partial charge is 0.329 e. The maximum atomic E-state index is 11.5. The number of hydrogen-bond acceptors (Lipinski definition) is 2. The van der Waals surface area contributed by atoms with Gasteiger partial charge < -0.3 is 10.4 Å². The third-order valence-electron chi connectivity index (χ3n) is 3.87. The first kappa shape index (κ1) is 12.2. The van der Waals surface area contributed by atoms with E-state index in [1.165, 1.54) is 0 Å². The Kier molecular flexibility index (Phi) is 2.82. The fourth-order valence-electron chi connectivity index (χ4n) is 1.97. The Bertz CT molecular complexity index is 439. The minimum atomic E-state index is -0.930. The topological polar surface area (TPSA) is 49.3 Å². The summed E-state index contributed by atoms with van der Waals surface area (Å²) < 4.78 is 0. The summed E-state index contributed by atoms with van der Waals surface area (Å²) in [7, 11) is 0. The van der Waals surface area contributed by atoms with Gasteiger partial charge in [0, 0.05) is 16.1 Å². The number of carbonyl (C=O) groups is 1. The van der Waals surface area contributed by atoms with Crippen molar-refractivity contribution in [3.05, 3.63) is 29.3 Å². The summed E-state index contributed by atoms with van der Waals surface area (Å²) in [6.45, 7) is 3.75. The van der Waals surface area contributed by atoms with Crippen LogP contribution in [-0.4, -0.2) is 16.6 Å². The van der Waals surface area contributed by atoms with Gasteiger partial charge in [-0.05, 0) is 44.0 Å². The number of rotatable bonds is 4. The molecule has 0 saturated heterocycles. The molecule has 92 valence electrons. The Morgan fingerprint density at radius 2 is 1.94 bits per heavy atom. The average molecular weight is 254 g/mol. The number of hydrogen-bond donors (Lipinski definition) is 2. The van der Waals surface area contributed by atoms with Crippen molar-refractivity contribution in [2.24, 2.45) is 5.41 Å². The third kappa shape index (κ3) is 2.12. The summed E-state index contributed by atoms with van der Waals surface area (Å²) in [5.41, 5.74) is -0.313. The molecule has 0 amide bonds. The Morgan fingerprint density at radius 3 is 2.35 bits per heavy atom. The predicted octanol–water partition coefficient (Wildman–Crippen LogP) is 3.40. The molecule has 1 saturated carbocycles. The van der Waals surface area contributed by atoms with E-state index in [-0.39, 0.29) is 5.41 Å². The lowest BCUT2D eigenvalue weighted by molar-refractivity contribution is -0.144. The van der Waals surface area contributed by atoms with E-state index >= 15 is 0 Å². The molecule has 17 heavy (non-hydrogen) atoms. The summed E-state index contributed by atoms with van der Waals surface area (Å²) in [6, 6.07) is 7.10. The summed E-state index contributed by atoms with van der Waals surface area (Å²) in [5, 5.41) is 13.2. The molecular weight excluding hydrogens is 238 g/mol. The lowest BCUT2D eigenvalue weighted by Crippen LogP contribution is -2.50. The first-order chi connectivity index (χ1) is 7.87. The number of aliphatic carboxylic acids is 1. The zero-order valence-corrected chi connectivity index (χ0v) is 10.7. The van der Waals surface area contributed by atoms with Crippen LogP contribution in [0.2, 0.25) is 5.02 Å². The molecule has 0 aromatic heterocycles. The SMILES string of the molecule is CC1(C(C)(Nc2ccc(Cl)cc2)C(=O)O)CC1. The van der Waals surface area contributed by atoms with E-state index in [9.17, 15) is 9.90 Å². The zero-order chi connectivity index (χ0) is 12.7. The second-order valence-electron chi connectivity index (χ2n) is 5.12. The van der Waals surface area contributed by atoms with Crippen LogP contribution in [0, 0.1) is 5.41 Å². The molecular formula is C13H16ClNO2. The van der Waals surface area contributed by atoms with Crippen LogP contribution in [0.1, 0.15) is 26.7 Å². The van der Waals surface area contributed by atoms with Gasteiger partial charge in [0.15, 0.2) is 0 Å². The van der Waals surface area contributed by atoms with Crippen LogP contribution in [0.5, 0.6) is 0 Å². The second kappa shape index (κ2) is 3.91. The largest absolute Gasteiger partial charge is 0.479 e. The molecule has 2 N–H and O–H groups in total. The molecule has 1 aliphatic carbocycles. The van der Waals surface area contributed by atoms with E-state index < -0.39 is 11.5 Å². The maximum absolute atomic E-state index is 11.5. The Hall–Kier alpha value is -1.22. The van der Waals surface area contributed by atoms with E-state index in [0.29, 0.717) is 5.02 Å². The molecule has 0 spiro atoms. The van der Waals surface area contributed by atoms with Crippen molar-refractivity contribution in [1.29, 1.82) is 0 Å². The number of benzene rings is 1. The maximum Gasteiger partial charge on any atom is 0.329 e. The molecule has 2 rings (SSSR count). The van der Waals surface area contributed by atoms with Gasteiger partial charge in [-0.25, -0.2) is 4.79 Å². The Balaban J connectivity index is 2.25. The van der Waals surface area contributed by atoms with Crippen LogP contribution >= 0.6 is 11.6 Å². The van der Waals surface area contributed by atoms with Gasteiger partial charge in [0.05, 0.1) is 0 Å². The third-order valence-corrected chi connectivity index (χ3v) is 4.13. The van der Waals surface area contributed by atoms with E-state index in [2.05, 4.69) is 5.32 Å². The molecule has 3 nitrogen and oxygen atoms in total. The molecule has 0 radical (unpaired) electrons. The van der Waals surface area contributed by atoms with Crippen molar-refractivity contribution in [3.8, 4) is 0 Å². The number of nitrogens with one attached hydrogen (secondary N) is 1. The minimum Gasteiger partial charge on any atom is -0.479 e. The van der Waals surface area contributed by atoms with E-state index in [4.69, 9.17) is 11.6 Å². The first-order valence-corrected chi connectivity index (χ1v) is 6.02. The molecule has 1 aromatic rings. The van der Waals surface area contributed by atoms with Gasteiger partial charge in [-0.3, -0.25) is 0 Å². The average Bonchev–Trinajstić information content (AvgIpc) is 3.01. The van der Waals surface area contributed by atoms with Gasteiger partial charge in [0.2, 0.25) is 0 Å². The highest BCUT2D eigenvalue weighted by Crippen LogP contribution is 2.54. The van der Waals surface area contributed by atoms with Crippen LogP contribution < -0.4 is 5.32 Å². The van der Waals surface area contributed by atoms with Crippen LogP contribution in [0.25, 0.3) is 0 Å². The van der Waals surface area contributed by atoms with E-state index in [0.717, 1.165) is 18.5 Å². The number of halogens is 1. The lowest BCUT2D eigenvalue weighted by Gasteiger charge is -2.33. The number of anilines is 1. The molecule has 0 aliphatic heterocycles. The molecule has 1 aliphatic rings. The van der Waals surface area contributed by atoms with E-state index in [1.54, 1.807) is 31.2 Å². The quantitative estimate of drug-likeness (QED) is 0.865. The van der Waals surface area contributed by atoms with Gasteiger partial charge in [0.1, 0.15) is 5.54 Å². The molecule has 0 bridgehead atoms. The zero-order valence-electron chi connectivity index (χ0n) is 9.96. The standard InChI is InChI=1S/C13H16ClNO2/c1-12(7-8-12)13(2,11(16)17)15-10-5-3-9(14)4-6-10/h3-6,15H,7-8H2,1-2H3,(H,16,17). The molecule has 4 heteroatoms. The predicted molar refractivity (Wildman–Crippen MR) is 68.5 cm³/mol. The van der Waals surface area contributed by atoms with Crippen molar-refractivity contribution >= 4 is 23.3 Å². The monoisotopic (exact) mass is 253 g/mol. The van der Waals surface area contributed by atoms with Crippen molar-refractivity contribution in [2.45, 2.75) is 32.2 Å². The van der Waals surface area contributed by atoms with Gasteiger partial charge in [-0.2, -0.15) is 0 Å². The molecule has 1 atom stereocenters. The van der Waals surface area contributed by atoms with Crippen molar-refractivity contribution < 1.29 is 9.90 Å². The fraction of sp³-hybridized carbons (Fsp3) is 0.462. The van der Waals surface area contributed by atoms with Crippen molar-refractivity contribution in [3.63, 3.8) is 0 Å². The van der Waals surface area contributed by atoms with Gasteiger partial charge in [-0.1, -0.05) is 18.5 Å². The first-order valence-electron chi connectivity index (χ1n) is 5.65. The molecule has 0 heterocycles. The molecule has 1 fully saturated rings. The summed E-state index contributed by atoms with van der Waals surface area (Å²) in [6.07, 6.45) is 1.88. The van der Waals surface area contributed by atoms with Crippen LogP contribution in [0.4, 0.5) is 5.69 Å². The van der Waals surface area contributed by atoms with Crippen LogP contribution in [0.3, 0.4) is 0 Å². The number of carboxylic acid groups (broad SMARTS) is 1. The summed E-state index contributed by atoms with van der Waals surface area (Å²) in [5.74, 6) is -0.813. The highest BCUT2D eigenvalue weighted by molar-refractivity contribution is 6.30. The van der Waals surface area contributed by atoms with Crippen molar-refractivity contribution in [1.82, 2.24) is 0 Å². The Labute approximate surface area is 106 Å². The summed E-state index contributed by atoms with van der Waals surface area (Å²) in [4.78, 5) is 11.5. The molecule has 1 unspecified atom stereocenters. The lowest BCUT2D eigenvalue weighted by atomic mass is 9.83. The van der Waals surface area contributed by atoms with Gasteiger partial charge in [-0.15, -0.1) is 0 Å². The van der Waals surface area contributed by atoms with Gasteiger partial charge in [0.25, 0.3) is 0 Å². The molecule has 1 aromatic carbocycles. The second-order valence-corrected chi connectivity index (χ2v) is 5.56. The Morgan fingerprint density at radius 1 is 1.41 bits per heavy atom. The van der Waals surface area contributed by atoms with Crippen LogP contribution in [0.15, 0.2) is 24.3 Å². The fourth-order valence-corrected chi connectivity index (χ4v) is 2.10. The minimum absolute atomic E-state index is 0.168. The normalized spacial score (nSPS) is 20.4. The van der Waals surface area contributed by atoms with Crippen LogP contribution in [-0.2, 0) is 4.79 Å². The van der Waals surface area contributed by atoms with Crippen molar-refractivity contribution in [2.75, 3.05) is 5.32 Å². The number of carboxylic acids is 1.